The highest BCUT2D eigenvalue weighted by atomic mass is 79.9. The summed E-state index contributed by atoms with van der Waals surface area (Å²) in [6, 6.07) is 6.59. The molecule has 16 heavy (non-hydrogen) atoms. The number of nitrogens with two attached hydrogens (primary N) is 1. The lowest BCUT2D eigenvalue weighted by Gasteiger charge is -2.18. The van der Waals surface area contributed by atoms with E-state index >= 15 is 0 Å². The molecule has 88 valence electrons. The van der Waals surface area contributed by atoms with Crippen molar-refractivity contribution in [3.63, 3.8) is 0 Å². The largest absolute Gasteiger partial charge is 0.493 e. The Labute approximate surface area is 104 Å². The molecule has 1 aromatic carbocycles. The molecule has 0 saturated heterocycles. The molecule has 1 aliphatic rings. The molecule has 3 nitrogen and oxygen atoms in total. The molecule has 0 bridgehead atoms. The fourth-order valence-electron chi connectivity index (χ4n) is 2.02. The van der Waals surface area contributed by atoms with Crippen LogP contribution in [0.5, 0.6) is 5.75 Å². The van der Waals surface area contributed by atoms with Crippen molar-refractivity contribution in [3.05, 3.63) is 28.2 Å². The Bertz CT molecular complexity index is 357. The third-order valence-electron chi connectivity index (χ3n) is 2.78. The van der Waals surface area contributed by atoms with E-state index in [0.717, 1.165) is 36.2 Å². The SMILES string of the molecule is NCCNC1CCCOc2cc(Br)ccc21. The summed E-state index contributed by atoms with van der Waals surface area (Å²) in [6.45, 7) is 2.31. The smallest absolute Gasteiger partial charge is 0.125 e. The maximum Gasteiger partial charge on any atom is 0.125 e. The number of hydrogen-bond acceptors (Lipinski definition) is 3. The molecule has 0 amide bonds. The van der Waals surface area contributed by atoms with Crippen LogP contribution in [0.25, 0.3) is 0 Å². The van der Waals surface area contributed by atoms with Gasteiger partial charge in [-0.25, -0.2) is 0 Å². The van der Waals surface area contributed by atoms with E-state index in [1.54, 1.807) is 0 Å². The molecule has 4 heteroatoms. The van der Waals surface area contributed by atoms with Crippen molar-refractivity contribution in [3.8, 4) is 5.75 Å². The molecule has 0 spiro atoms. The molecule has 0 aromatic heterocycles. The van der Waals surface area contributed by atoms with Gasteiger partial charge in [0.15, 0.2) is 0 Å². The third kappa shape index (κ3) is 2.75. The molecule has 0 saturated carbocycles. The van der Waals surface area contributed by atoms with Gasteiger partial charge in [-0.1, -0.05) is 22.0 Å². The van der Waals surface area contributed by atoms with Gasteiger partial charge in [0.2, 0.25) is 0 Å². The fourth-order valence-corrected chi connectivity index (χ4v) is 2.36. The number of nitrogens with one attached hydrogen (secondary N) is 1. The van der Waals surface area contributed by atoms with E-state index in [9.17, 15) is 0 Å². The first kappa shape index (κ1) is 11.9. The lowest BCUT2D eigenvalue weighted by molar-refractivity contribution is 0.315. The summed E-state index contributed by atoms with van der Waals surface area (Å²) in [5.41, 5.74) is 6.77. The normalized spacial score (nSPS) is 19.8. The highest BCUT2D eigenvalue weighted by molar-refractivity contribution is 9.10. The predicted molar refractivity (Wildman–Crippen MR) is 68.7 cm³/mol. The van der Waals surface area contributed by atoms with Gasteiger partial charge in [0.05, 0.1) is 6.61 Å². The van der Waals surface area contributed by atoms with E-state index in [-0.39, 0.29) is 0 Å². The summed E-state index contributed by atoms with van der Waals surface area (Å²) in [5, 5.41) is 3.47. The maximum atomic E-state index is 5.74. The number of ether oxygens (including phenoxy) is 1. The van der Waals surface area contributed by atoms with Crippen LogP contribution in [0.1, 0.15) is 24.4 Å². The highest BCUT2D eigenvalue weighted by Gasteiger charge is 2.18. The number of hydrogen-bond donors (Lipinski definition) is 2. The van der Waals surface area contributed by atoms with Crippen molar-refractivity contribution in [2.24, 2.45) is 5.73 Å². The van der Waals surface area contributed by atoms with Crippen LogP contribution in [-0.4, -0.2) is 19.7 Å². The van der Waals surface area contributed by atoms with Crippen LogP contribution in [0, 0.1) is 0 Å². The van der Waals surface area contributed by atoms with Gasteiger partial charge in [0.25, 0.3) is 0 Å². The Morgan fingerprint density at radius 1 is 1.50 bits per heavy atom. The number of benzene rings is 1. The van der Waals surface area contributed by atoms with Crippen LogP contribution in [0.2, 0.25) is 0 Å². The van der Waals surface area contributed by atoms with Crippen LogP contribution in [-0.2, 0) is 0 Å². The van der Waals surface area contributed by atoms with Crippen molar-refractivity contribution in [2.45, 2.75) is 18.9 Å². The molecule has 1 unspecified atom stereocenters. The van der Waals surface area contributed by atoms with E-state index in [4.69, 9.17) is 10.5 Å². The van der Waals surface area contributed by atoms with E-state index in [0.29, 0.717) is 12.6 Å². The van der Waals surface area contributed by atoms with E-state index in [2.05, 4.69) is 33.4 Å². The fraction of sp³-hybridized carbons (Fsp3) is 0.500. The Hall–Kier alpha value is -0.580. The van der Waals surface area contributed by atoms with Crippen molar-refractivity contribution in [2.75, 3.05) is 19.7 Å². The van der Waals surface area contributed by atoms with Crippen molar-refractivity contribution >= 4 is 15.9 Å². The van der Waals surface area contributed by atoms with Crippen LogP contribution in [0.3, 0.4) is 0 Å². The van der Waals surface area contributed by atoms with Gasteiger partial charge >= 0.3 is 0 Å². The average Bonchev–Trinajstić information content (AvgIpc) is 2.48. The lowest BCUT2D eigenvalue weighted by Crippen LogP contribution is -2.27. The lowest BCUT2D eigenvalue weighted by atomic mass is 10.0. The summed E-state index contributed by atoms with van der Waals surface area (Å²) in [7, 11) is 0. The Balaban J connectivity index is 2.22. The minimum atomic E-state index is 0.370. The maximum absolute atomic E-state index is 5.74. The van der Waals surface area contributed by atoms with Gasteiger partial charge in [-0.3, -0.25) is 0 Å². The van der Waals surface area contributed by atoms with Crippen LogP contribution >= 0.6 is 15.9 Å². The average molecular weight is 285 g/mol. The number of rotatable bonds is 3. The first-order chi connectivity index (χ1) is 7.81. The van der Waals surface area contributed by atoms with Gasteiger partial charge in [0.1, 0.15) is 5.75 Å². The summed E-state index contributed by atoms with van der Waals surface area (Å²) in [5.74, 6) is 0.987. The molecule has 1 atom stereocenters. The number of fused-ring (bicyclic) bond motifs is 1. The molecule has 0 aliphatic carbocycles. The second kappa shape index (κ2) is 5.66. The van der Waals surface area contributed by atoms with Gasteiger partial charge in [-0.05, 0) is 25.0 Å². The van der Waals surface area contributed by atoms with Gasteiger partial charge in [-0.2, -0.15) is 0 Å². The van der Waals surface area contributed by atoms with E-state index in [1.807, 2.05) is 6.07 Å². The van der Waals surface area contributed by atoms with Gasteiger partial charge in [-0.15, -0.1) is 0 Å². The summed E-state index contributed by atoms with van der Waals surface area (Å²) in [6.07, 6.45) is 2.18. The Morgan fingerprint density at radius 3 is 3.19 bits per heavy atom. The predicted octanol–water partition coefficient (Wildman–Crippen LogP) is 2.21. The first-order valence-corrected chi connectivity index (χ1v) is 6.46. The Morgan fingerprint density at radius 2 is 2.38 bits per heavy atom. The monoisotopic (exact) mass is 284 g/mol. The Kier molecular flexibility index (Phi) is 4.21. The molecule has 0 radical (unpaired) electrons. The molecule has 2 rings (SSSR count). The van der Waals surface area contributed by atoms with E-state index in [1.165, 1.54) is 5.56 Å². The quantitative estimate of drug-likeness (QED) is 0.895. The van der Waals surface area contributed by atoms with Gasteiger partial charge < -0.3 is 15.8 Å². The minimum Gasteiger partial charge on any atom is -0.493 e. The molecule has 1 heterocycles. The topological polar surface area (TPSA) is 47.3 Å². The molecule has 1 aromatic rings. The summed E-state index contributed by atoms with van der Waals surface area (Å²) in [4.78, 5) is 0. The van der Waals surface area contributed by atoms with Crippen molar-refractivity contribution in [1.29, 1.82) is 0 Å². The molecular weight excluding hydrogens is 268 g/mol. The van der Waals surface area contributed by atoms with E-state index < -0.39 is 0 Å². The molecule has 1 aliphatic heterocycles. The zero-order valence-corrected chi connectivity index (χ0v) is 10.8. The van der Waals surface area contributed by atoms with Crippen LogP contribution in [0.15, 0.2) is 22.7 Å². The standard InChI is InChI=1S/C12H17BrN2O/c13-9-3-4-10-11(15-6-5-14)2-1-7-16-12(10)8-9/h3-4,8,11,15H,1-2,5-7,14H2. The zero-order chi connectivity index (χ0) is 11.4. The zero-order valence-electron chi connectivity index (χ0n) is 9.21. The third-order valence-corrected chi connectivity index (χ3v) is 3.27. The van der Waals surface area contributed by atoms with Crippen molar-refractivity contribution < 1.29 is 4.74 Å². The summed E-state index contributed by atoms with van der Waals surface area (Å²) < 4.78 is 6.80. The van der Waals surface area contributed by atoms with Crippen molar-refractivity contribution in [1.82, 2.24) is 5.32 Å². The van der Waals surface area contributed by atoms with Crippen LogP contribution in [0.4, 0.5) is 0 Å². The molecule has 0 fully saturated rings. The number of halogens is 1. The van der Waals surface area contributed by atoms with Gasteiger partial charge in [0, 0.05) is 29.2 Å². The molecular formula is C12H17BrN2O. The second-order valence-electron chi connectivity index (χ2n) is 3.97. The first-order valence-electron chi connectivity index (χ1n) is 5.67. The summed E-state index contributed by atoms with van der Waals surface area (Å²) >= 11 is 3.47. The second-order valence-corrected chi connectivity index (χ2v) is 4.88. The minimum absolute atomic E-state index is 0.370. The van der Waals surface area contributed by atoms with Crippen LogP contribution < -0.4 is 15.8 Å². The molecule has 3 N–H and O–H groups in total. The highest BCUT2D eigenvalue weighted by Crippen LogP contribution is 2.33.